The number of aliphatic hydroxyl groups excluding tert-OH is 1. The van der Waals surface area contributed by atoms with Crippen LogP contribution in [0.4, 0.5) is 8.78 Å². The molecular weight excluding hydrogens is 260 g/mol. The molecule has 1 rings (SSSR count). The Labute approximate surface area is 86.9 Å². The lowest BCUT2D eigenvalue weighted by Crippen LogP contribution is -2.18. The van der Waals surface area contributed by atoms with E-state index in [9.17, 15) is 13.6 Å². The van der Waals surface area contributed by atoms with E-state index < -0.39 is 24.2 Å². The number of H-pyrrole nitrogens is 1. The van der Waals surface area contributed by atoms with Gasteiger partial charge in [0.05, 0.1) is 17.9 Å². The summed E-state index contributed by atoms with van der Waals surface area (Å²) in [7, 11) is 0. The van der Waals surface area contributed by atoms with E-state index in [0.717, 1.165) is 0 Å². The summed E-state index contributed by atoms with van der Waals surface area (Å²) >= 11 is 3.04. The SMILES string of the molecule is O=c1c(CBr)c[nH]c(C(F)F)c1CO. The average Bonchev–Trinajstić information content (AvgIpc) is 2.17. The number of aromatic amines is 1. The molecule has 0 aliphatic carbocycles. The first kappa shape index (κ1) is 11.3. The average molecular weight is 268 g/mol. The van der Waals surface area contributed by atoms with Crippen LogP contribution < -0.4 is 5.43 Å². The molecule has 0 saturated carbocycles. The smallest absolute Gasteiger partial charge is 0.278 e. The Bertz CT molecular complexity index is 378. The second-order valence-corrected chi connectivity index (χ2v) is 3.19. The highest BCUT2D eigenvalue weighted by Gasteiger charge is 2.17. The third kappa shape index (κ3) is 2.01. The Balaban J connectivity index is 3.36. The van der Waals surface area contributed by atoms with Crippen molar-refractivity contribution in [2.45, 2.75) is 18.4 Å². The summed E-state index contributed by atoms with van der Waals surface area (Å²) in [6, 6.07) is 0. The molecule has 0 amide bonds. The molecule has 14 heavy (non-hydrogen) atoms. The molecule has 1 aromatic heterocycles. The van der Waals surface area contributed by atoms with Crippen LogP contribution in [0.15, 0.2) is 11.0 Å². The van der Waals surface area contributed by atoms with Crippen molar-refractivity contribution >= 4 is 15.9 Å². The van der Waals surface area contributed by atoms with E-state index in [-0.39, 0.29) is 10.9 Å². The Morgan fingerprint density at radius 1 is 1.57 bits per heavy atom. The van der Waals surface area contributed by atoms with Crippen molar-refractivity contribution in [2.75, 3.05) is 0 Å². The third-order valence-corrected chi connectivity index (χ3v) is 2.42. The van der Waals surface area contributed by atoms with E-state index in [0.29, 0.717) is 5.56 Å². The highest BCUT2D eigenvalue weighted by atomic mass is 79.9. The fraction of sp³-hybridized carbons (Fsp3) is 0.375. The molecule has 1 heterocycles. The second kappa shape index (κ2) is 4.65. The van der Waals surface area contributed by atoms with E-state index in [1.54, 1.807) is 0 Å². The van der Waals surface area contributed by atoms with E-state index >= 15 is 0 Å². The molecule has 6 heteroatoms. The number of hydrogen-bond donors (Lipinski definition) is 2. The monoisotopic (exact) mass is 267 g/mol. The van der Waals surface area contributed by atoms with Gasteiger partial charge in [-0.1, -0.05) is 15.9 Å². The van der Waals surface area contributed by atoms with Crippen molar-refractivity contribution in [1.82, 2.24) is 4.98 Å². The summed E-state index contributed by atoms with van der Waals surface area (Å²) < 4.78 is 24.7. The number of hydrogen-bond acceptors (Lipinski definition) is 2. The summed E-state index contributed by atoms with van der Waals surface area (Å²) in [5.41, 5.74) is -1.00. The lowest BCUT2D eigenvalue weighted by molar-refractivity contribution is 0.141. The molecular formula is C8H8BrF2NO2. The summed E-state index contributed by atoms with van der Waals surface area (Å²) in [4.78, 5) is 13.7. The number of alkyl halides is 3. The van der Waals surface area contributed by atoms with Crippen molar-refractivity contribution in [3.8, 4) is 0 Å². The van der Waals surface area contributed by atoms with E-state index in [2.05, 4.69) is 20.9 Å². The van der Waals surface area contributed by atoms with Gasteiger partial charge in [-0.15, -0.1) is 0 Å². The Hall–Kier alpha value is -0.750. The zero-order valence-corrected chi connectivity index (χ0v) is 8.64. The maximum absolute atomic E-state index is 12.3. The number of aliphatic hydroxyl groups is 1. The van der Waals surface area contributed by atoms with Crippen molar-refractivity contribution in [3.63, 3.8) is 0 Å². The molecule has 0 aliphatic rings. The minimum absolute atomic E-state index is 0.263. The highest BCUT2D eigenvalue weighted by Crippen LogP contribution is 2.18. The topological polar surface area (TPSA) is 53.1 Å². The minimum Gasteiger partial charge on any atom is -0.391 e. The van der Waals surface area contributed by atoms with Gasteiger partial charge in [-0.25, -0.2) is 8.78 Å². The second-order valence-electron chi connectivity index (χ2n) is 2.63. The fourth-order valence-corrected chi connectivity index (χ4v) is 1.50. The number of halogens is 3. The number of pyridine rings is 1. The quantitative estimate of drug-likeness (QED) is 0.820. The molecule has 1 aromatic rings. The molecule has 0 aliphatic heterocycles. The predicted molar refractivity (Wildman–Crippen MR) is 50.6 cm³/mol. The Morgan fingerprint density at radius 2 is 2.21 bits per heavy atom. The fourth-order valence-electron chi connectivity index (χ4n) is 1.08. The lowest BCUT2D eigenvalue weighted by Gasteiger charge is -2.06. The van der Waals surface area contributed by atoms with Crippen molar-refractivity contribution in [2.24, 2.45) is 0 Å². The number of nitrogens with one attached hydrogen (secondary N) is 1. The van der Waals surface area contributed by atoms with Crippen LogP contribution in [-0.2, 0) is 11.9 Å². The van der Waals surface area contributed by atoms with Gasteiger partial charge in [-0.3, -0.25) is 4.79 Å². The van der Waals surface area contributed by atoms with Gasteiger partial charge >= 0.3 is 0 Å². The Morgan fingerprint density at radius 3 is 2.64 bits per heavy atom. The van der Waals surface area contributed by atoms with Gasteiger partial charge in [0.2, 0.25) is 0 Å². The van der Waals surface area contributed by atoms with Gasteiger partial charge < -0.3 is 10.1 Å². The van der Waals surface area contributed by atoms with Gasteiger partial charge in [0.15, 0.2) is 5.43 Å². The molecule has 0 radical (unpaired) electrons. The first-order chi connectivity index (χ1) is 6.61. The van der Waals surface area contributed by atoms with Crippen LogP contribution in [0.2, 0.25) is 0 Å². The predicted octanol–water partition coefficient (Wildman–Crippen LogP) is 1.70. The van der Waals surface area contributed by atoms with E-state index in [1.807, 2.05) is 0 Å². The van der Waals surface area contributed by atoms with Crippen LogP contribution in [-0.4, -0.2) is 10.1 Å². The van der Waals surface area contributed by atoms with Crippen LogP contribution in [0.3, 0.4) is 0 Å². The van der Waals surface area contributed by atoms with Crippen LogP contribution in [0.5, 0.6) is 0 Å². The third-order valence-electron chi connectivity index (χ3n) is 1.81. The maximum atomic E-state index is 12.3. The van der Waals surface area contributed by atoms with Crippen LogP contribution >= 0.6 is 15.9 Å². The van der Waals surface area contributed by atoms with Crippen LogP contribution in [0.1, 0.15) is 23.2 Å². The van der Waals surface area contributed by atoms with Crippen LogP contribution in [0.25, 0.3) is 0 Å². The molecule has 0 unspecified atom stereocenters. The lowest BCUT2D eigenvalue weighted by atomic mass is 10.1. The first-order valence-corrected chi connectivity index (χ1v) is 4.92. The summed E-state index contributed by atoms with van der Waals surface area (Å²) in [5.74, 6) is 0. The molecule has 2 N–H and O–H groups in total. The van der Waals surface area contributed by atoms with Crippen molar-refractivity contribution in [1.29, 1.82) is 0 Å². The molecule has 0 aromatic carbocycles. The Kier molecular flexibility index (Phi) is 3.77. The summed E-state index contributed by atoms with van der Waals surface area (Å²) in [6.07, 6.45) is -1.56. The highest BCUT2D eigenvalue weighted by molar-refractivity contribution is 9.08. The van der Waals surface area contributed by atoms with Crippen molar-refractivity contribution < 1.29 is 13.9 Å². The number of rotatable bonds is 3. The largest absolute Gasteiger partial charge is 0.391 e. The molecule has 78 valence electrons. The maximum Gasteiger partial charge on any atom is 0.278 e. The summed E-state index contributed by atoms with van der Waals surface area (Å²) in [6.45, 7) is -0.685. The van der Waals surface area contributed by atoms with E-state index in [4.69, 9.17) is 5.11 Å². The van der Waals surface area contributed by atoms with E-state index in [1.165, 1.54) is 6.20 Å². The van der Waals surface area contributed by atoms with Crippen LogP contribution in [0, 0.1) is 0 Å². The summed E-state index contributed by atoms with van der Waals surface area (Å²) in [5, 5.41) is 9.06. The first-order valence-electron chi connectivity index (χ1n) is 3.80. The normalized spacial score (nSPS) is 10.9. The van der Waals surface area contributed by atoms with Crippen molar-refractivity contribution in [3.05, 3.63) is 33.2 Å². The molecule has 0 bridgehead atoms. The standard InChI is InChI=1S/C8H8BrF2NO2/c9-1-4-2-12-6(8(10)11)5(3-13)7(4)14/h2,8,13H,1,3H2,(H,12,14). The molecule has 0 saturated heterocycles. The van der Waals surface area contributed by atoms with Gasteiger partial charge in [0.1, 0.15) is 0 Å². The zero-order chi connectivity index (χ0) is 10.7. The van der Waals surface area contributed by atoms with Gasteiger partial charge in [-0.05, 0) is 0 Å². The van der Waals surface area contributed by atoms with Gasteiger partial charge in [-0.2, -0.15) is 0 Å². The molecule has 0 spiro atoms. The molecule has 0 atom stereocenters. The van der Waals surface area contributed by atoms with Gasteiger partial charge in [0.25, 0.3) is 6.43 Å². The number of aromatic nitrogens is 1. The van der Waals surface area contributed by atoms with Gasteiger partial charge in [0, 0.05) is 17.1 Å². The zero-order valence-electron chi connectivity index (χ0n) is 7.06. The minimum atomic E-state index is -2.78. The molecule has 0 fully saturated rings. The molecule has 3 nitrogen and oxygen atoms in total.